The monoisotopic (exact) mass is 380 g/mol. The lowest BCUT2D eigenvalue weighted by Crippen LogP contribution is -2.49. The Labute approximate surface area is 164 Å². The molecule has 0 radical (unpaired) electrons. The lowest BCUT2D eigenvalue weighted by molar-refractivity contribution is -0.134. The zero-order valence-corrected chi connectivity index (χ0v) is 16.1. The third-order valence-corrected chi connectivity index (χ3v) is 6.14. The molecule has 1 saturated heterocycles. The molecule has 4 rings (SSSR count). The maximum Gasteiger partial charge on any atom is 0.251 e. The molecule has 1 aliphatic carbocycles. The largest absolute Gasteiger partial charge is 0.341 e. The van der Waals surface area contributed by atoms with Crippen LogP contribution in [0.2, 0.25) is 0 Å². The third-order valence-electron chi connectivity index (χ3n) is 6.14. The molecule has 4 nitrogen and oxygen atoms in total. The van der Waals surface area contributed by atoms with E-state index in [1.165, 1.54) is 25.0 Å². The molecule has 2 aliphatic rings. The van der Waals surface area contributed by atoms with Gasteiger partial charge in [-0.2, -0.15) is 0 Å². The second-order valence-corrected chi connectivity index (χ2v) is 8.10. The van der Waals surface area contributed by atoms with Crippen LogP contribution < -0.4 is 5.32 Å². The van der Waals surface area contributed by atoms with Gasteiger partial charge in [0, 0.05) is 18.7 Å². The Morgan fingerprint density at radius 1 is 0.929 bits per heavy atom. The third kappa shape index (κ3) is 3.93. The van der Waals surface area contributed by atoms with Gasteiger partial charge in [-0.1, -0.05) is 24.3 Å². The lowest BCUT2D eigenvalue weighted by atomic mass is 9.93. The number of halogens is 1. The molecule has 1 saturated carbocycles. The average Bonchev–Trinajstić information content (AvgIpc) is 3.47. The molecule has 1 aliphatic heterocycles. The van der Waals surface area contributed by atoms with Crippen molar-refractivity contribution in [3.05, 3.63) is 59.9 Å². The number of benzene rings is 2. The Hall–Kier alpha value is -2.69. The maximum atomic E-state index is 13.1. The van der Waals surface area contributed by atoms with Gasteiger partial charge in [-0.25, -0.2) is 4.39 Å². The predicted octanol–water partition coefficient (Wildman–Crippen LogP) is 4.01. The number of nitrogens with zero attached hydrogens (tertiary/aromatic N) is 1. The summed E-state index contributed by atoms with van der Waals surface area (Å²) in [5.41, 5.74) is 2.81. The number of hydrogen-bond acceptors (Lipinski definition) is 2. The van der Waals surface area contributed by atoms with Crippen molar-refractivity contribution >= 4 is 11.8 Å². The van der Waals surface area contributed by atoms with Crippen molar-refractivity contribution in [2.75, 3.05) is 13.1 Å². The fraction of sp³-hybridized carbons (Fsp3) is 0.391. The normalized spacial score (nSPS) is 18.6. The molecule has 0 aromatic heterocycles. The SMILES string of the molecule is C[C@H](NC(=O)c1ccc(-c2ccc(F)cc2)cc1)C(=O)N1CCC2(CC1)CC2. The topological polar surface area (TPSA) is 49.4 Å². The van der Waals surface area contributed by atoms with Crippen molar-refractivity contribution in [2.24, 2.45) is 5.41 Å². The number of nitrogens with one attached hydrogen (secondary N) is 1. The van der Waals surface area contributed by atoms with E-state index >= 15 is 0 Å². The van der Waals surface area contributed by atoms with Gasteiger partial charge in [-0.15, -0.1) is 0 Å². The van der Waals surface area contributed by atoms with Gasteiger partial charge in [0.15, 0.2) is 0 Å². The Morgan fingerprint density at radius 3 is 2.00 bits per heavy atom. The summed E-state index contributed by atoms with van der Waals surface area (Å²) < 4.78 is 13.1. The summed E-state index contributed by atoms with van der Waals surface area (Å²) in [6.07, 6.45) is 4.78. The summed E-state index contributed by atoms with van der Waals surface area (Å²) in [5.74, 6) is -0.548. The zero-order valence-electron chi connectivity index (χ0n) is 16.1. The molecular formula is C23H25FN2O2. The number of amides is 2. The van der Waals surface area contributed by atoms with Gasteiger partial charge in [0.05, 0.1) is 0 Å². The van der Waals surface area contributed by atoms with E-state index in [0.29, 0.717) is 11.0 Å². The van der Waals surface area contributed by atoms with Gasteiger partial charge < -0.3 is 10.2 Å². The molecule has 2 aromatic rings. The Kier molecular flexibility index (Phi) is 4.92. The summed E-state index contributed by atoms with van der Waals surface area (Å²) in [6.45, 7) is 3.34. The molecule has 1 atom stereocenters. The van der Waals surface area contributed by atoms with E-state index in [-0.39, 0.29) is 17.6 Å². The Balaban J connectivity index is 1.34. The van der Waals surface area contributed by atoms with E-state index in [4.69, 9.17) is 0 Å². The summed E-state index contributed by atoms with van der Waals surface area (Å²) in [7, 11) is 0. The fourth-order valence-electron chi connectivity index (χ4n) is 3.95. The number of piperidine rings is 1. The quantitative estimate of drug-likeness (QED) is 0.871. The Morgan fingerprint density at radius 2 is 1.46 bits per heavy atom. The van der Waals surface area contributed by atoms with Crippen LogP contribution in [0.1, 0.15) is 43.0 Å². The van der Waals surface area contributed by atoms with E-state index in [1.807, 2.05) is 17.0 Å². The standard InChI is InChI=1S/C23H25FN2O2/c1-16(22(28)26-14-12-23(10-11-23)13-15-26)25-21(27)19-4-2-17(3-5-19)18-6-8-20(24)9-7-18/h2-9,16H,10-15H2,1H3,(H,25,27)/t16-/m0/s1. The highest BCUT2D eigenvalue weighted by molar-refractivity contribution is 5.97. The molecule has 0 bridgehead atoms. The van der Waals surface area contributed by atoms with Gasteiger partial charge in [0.2, 0.25) is 5.91 Å². The van der Waals surface area contributed by atoms with E-state index < -0.39 is 6.04 Å². The van der Waals surface area contributed by atoms with Gasteiger partial charge in [-0.05, 0) is 73.4 Å². The number of carbonyl (C=O) groups excluding carboxylic acids is 2. The maximum absolute atomic E-state index is 13.1. The average molecular weight is 380 g/mol. The van der Waals surface area contributed by atoms with Gasteiger partial charge in [-0.3, -0.25) is 9.59 Å². The molecule has 146 valence electrons. The van der Waals surface area contributed by atoms with Crippen LogP contribution in [0.5, 0.6) is 0 Å². The first kappa shape index (κ1) is 18.7. The number of carbonyl (C=O) groups is 2. The number of rotatable bonds is 4. The van der Waals surface area contributed by atoms with Crippen LogP contribution in [0.15, 0.2) is 48.5 Å². The molecule has 28 heavy (non-hydrogen) atoms. The van der Waals surface area contributed by atoms with Crippen molar-refractivity contribution in [2.45, 2.75) is 38.6 Å². The van der Waals surface area contributed by atoms with E-state index in [0.717, 1.165) is 37.1 Å². The molecular weight excluding hydrogens is 355 g/mol. The first-order valence-corrected chi connectivity index (χ1v) is 9.91. The summed E-state index contributed by atoms with van der Waals surface area (Å²) in [6, 6.07) is 12.8. The minimum atomic E-state index is -0.544. The molecule has 5 heteroatoms. The summed E-state index contributed by atoms with van der Waals surface area (Å²) >= 11 is 0. The molecule has 2 aromatic carbocycles. The predicted molar refractivity (Wildman–Crippen MR) is 106 cm³/mol. The van der Waals surface area contributed by atoms with Crippen molar-refractivity contribution in [3.63, 3.8) is 0 Å². The van der Waals surface area contributed by atoms with Crippen LogP contribution in [-0.4, -0.2) is 35.8 Å². The number of hydrogen-bond donors (Lipinski definition) is 1. The Bertz CT molecular complexity index is 862. The molecule has 1 spiro atoms. The number of likely N-dealkylation sites (tertiary alicyclic amines) is 1. The highest BCUT2D eigenvalue weighted by atomic mass is 19.1. The molecule has 2 amide bonds. The second kappa shape index (κ2) is 7.38. The van der Waals surface area contributed by atoms with E-state index in [1.54, 1.807) is 31.2 Å². The van der Waals surface area contributed by atoms with Crippen LogP contribution >= 0.6 is 0 Å². The van der Waals surface area contributed by atoms with Gasteiger partial charge in [0.1, 0.15) is 11.9 Å². The first-order valence-electron chi connectivity index (χ1n) is 9.91. The zero-order chi connectivity index (χ0) is 19.7. The van der Waals surface area contributed by atoms with Crippen molar-refractivity contribution in [3.8, 4) is 11.1 Å². The molecule has 1 heterocycles. The van der Waals surface area contributed by atoms with Crippen LogP contribution in [0.3, 0.4) is 0 Å². The smallest absolute Gasteiger partial charge is 0.251 e. The van der Waals surface area contributed by atoms with Crippen molar-refractivity contribution in [1.29, 1.82) is 0 Å². The summed E-state index contributed by atoms with van der Waals surface area (Å²) in [5, 5.41) is 2.82. The molecule has 1 N–H and O–H groups in total. The molecule has 0 unspecified atom stereocenters. The summed E-state index contributed by atoms with van der Waals surface area (Å²) in [4.78, 5) is 27.0. The van der Waals surface area contributed by atoms with Gasteiger partial charge in [0.25, 0.3) is 5.91 Å². The first-order chi connectivity index (χ1) is 13.5. The van der Waals surface area contributed by atoms with Crippen LogP contribution in [0.25, 0.3) is 11.1 Å². The fourth-order valence-corrected chi connectivity index (χ4v) is 3.95. The van der Waals surface area contributed by atoms with Crippen LogP contribution in [0, 0.1) is 11.2 Å². The second-order valence-electron chi connectivity index (χ2n) is 8.10. The van der Waals surface area contributed by atoms with Crippen molar-refractivity contribution < 1.29 is 14.0 Å². The van der Waals surface area contributed by atoms with E-state index in [2.05, 4.69) is 5.32 Å². The van der Waals surface area contributed by atoms with Crippen LogP contribution in [-0.2, 0) is 4.79 Å². The highest BCUT2D eigenvalue weighted by Crippen LogP contribution is 2.53. The van der Waals surface area contributed by atoms with Crippen molar-refractivity contribution in [1.82, 2.24) is 10.2 Å². The van der Waals surface area contributed by atoms with Crippen LogP contribution in [0.4, 0.5) is 4.39 Å². The minimum Gasteiger partial charge on any atom is -0.341 e. The van der Waals surface area contributed by atoms with Gasteiger partial charge >= 0.3 is 0 Å². The van der Waals surface area contributed by atoms with E-state index in [9.17, 15) is 14.0 Å². The molecule has 2 fully saturated rings. The minimum absolute atomic E-state index is 0.00761. The lowest BCUT2D eigenvalue weighted by Gasteiger charge is -2.33. The highest BCUT2D eigenvalue weighted by Gasteiger charge is 2.45.